The first-order valence-electron chi connectivity index (χ1n) is 9.96. The van der Waals surface area contributed by atoms with E-state index in [1.54, 1.807) is 12.1 Å². The Hall–Kier alpha value is -3.38. The predicted octanol–water partition coefficient (Wildman–Crippen LogP) is 4.96. The summed E-state index contributed by atoms with van der Waals surface area (Å²) in [6.45, 7) is 8.08. The van der Waals surface area contributed by atoms with Crippen LogP contribution in [-0.4, -0.2) is 22.6 Å². The molecule has 7 heteroatoms. The van der Waals surface area contributed by atoms with Crippen molar-refractivity contribution in [2.75, 3.05) is 5.32 Å². The molecule has 0 aliphatic heterocycles. The highest BCUT2D eigenvalue weighted by Gasteiger charge is 2.14. The SMILES string of the molecule is Cc1cc(C=NNC(=O)C(=O)Nc2ccc(C(C)C)cc2)c(C)n1-c1ccccc1Cl. The van der Waals surface area contributed by atoms with Crippen molar-refractivity contribution in [2.24, 2.45) is 5.10 Å². The highest BCUT2D eigenvalue weighted by atomic mass is 35.5. The second-order valence-electron chi connectivity index (χ2n) is 7.54. The first-order chi connectivity index (χ1) is 14.8. The van der Waals surface area contributed by atoms with E-state index in [9.17, 15) is 9.59 Å². The van der Waals surface area contributed by atoms with Gasteiger partial charge in [-0.25, -0.2) is 5.43 Å². The lowest BCUT2D eigenvalue weighted by molar-refractivity contribution is -0.136. The molecule has 0 spiro atoms. The lowest BCUT2D eigenvalue weighted by atomic mass is 10.0. The first-order valence-corrected chi connectivity index (χ1v) is 10.3. The van der Waals surface area contributed by atoms with Crippen LogP contribution in [0.5, 0.6) is 0 Å². The summed E-state index contributed by atoms with van der Waals surface area (Å²) in [5.41, 5.74) is 7.54. The number of aromatic nitrogens is 1. The van der Waals surface area contributed by atoms with Crippen LogP contribution in [0.2, 0.25) is 5.02 Å². The van der Waals surface area contributed by atoms with Crippen molar-refractivity contribution in [3.63, 3.8) is 0 Å². The molecular formula is C24H25ClN4O2. The molecule has 0 fully saturated rings. The fraction of sp³-hybridized carbons (Fsp3) is 0.208. The van der Waals surface area contributed by atoms with Crippen LogP contribution in [-0.2, 0) is 9.59 Å². The number of aryl methyl sites for hydroxylation is 1. The van der Waals surface area contributed by atoms with E-state index < -0.39 is 11.8 Å². The number of halogens is 1. The maximum atomic E-state index is 12.1. The average molecular weight is 437 g/mol. The number of hydrogen-bond acceptors (Lipinski definition) is 3. The molecule has 31 heavy (non-hydrogen) atoms. The molecule has 1 aromatic heterocycles. The van der Waals surface area contributed by atoms with Gasteiger partial charge in [-0.1, -0.05) is 49.7 Å². The number of hydrogen-bond donors (Lipinski definition) is 2. The molecule has 1 heterocycles. The van der Waals surface area contributed by atoms with Gasteiger partial charge in [-0.2, -0.15) is 5.10 Å². The average Bonchev–Trinajstić information content (AvgIpc) is 3.02. The second kappa shape index (κ2) is 9.62. The Morgan fingerprint density at radius 1 is 1.03 bits per heavy atom. The molecule has 0 aliphatic rings. The maximum absolute atomic E-state index is 12.1. The van der Waals surface area contributed by atoms with Gasteiger partial charge in [0.2, 0.25) is 0 Å². The van der Waals surface area contributed by atoms with Crippen molar-refractivity contribution in [2.45, 2.75) is 33.6 Å². The molecule has 0 unspecified atom stereocenters. The van der Waals surface area contributed by atoms with Crippen LogP contribution < -0.4 is 10.7 Å². The van der Waals surface area contributed by atoms with Crippen LogP contribution in [0, 0.1) is 13.8 Å². The molecule has 0 aliphatic carbocycles. The molecular weight excluding hydrogens is 412 g/mol. The topological polar surface area (TPSA) is 75.5 Å². The minimum absolute atomic E-state index is 0.391. The fourth-order valence-electron chi connectivity index (χ4n) is 3.27. The number of para-hydroxylation sites is 1. The number of anilines is 1. The number of carbonyl (C=O) groups excluding carboxylic acids is 2. The smallest absolute Gasteiger partial charge is 0.318 e. The molecule has 3 rings (SSSR count). The highest BCUT2D eigenvalue weighted by molar-refractivity contribution is 6.39. The van der Waals surface area contributed by atoms with Crippen molar-refractivity contribution in [3.8, 4) is 5.69 Å². The summed E-state index contributed by atoms with van der Waals surface area (Å²) in [7, 11) is 0. The van der Waals surface area contributed by atoms with Gasteiger partial charge in [-0.15, -0.1) is 0 Å². The Balaban J connectivity index is 1.65. The Bertz CT molecular complexity index is 1130. The van der Waals surface area contributed by atoms with Gasteiger partial charge in [-0.05, 0) is 55.7 Å². The van der Waals surface area contributed by atoms with Crippen LogP contribution in [0.3, 0.4) is 0 Å². The normalized spacial score (nSPS) is 11.2. The molecule has 2 amide bonds. The Kier molecular flexibility index (Phi) is 6.92. The fourth-order valence-corrected chi connectivity index (χ4v) is 3.49. The predicted molar refractivity (Wildman–Crippen MR) is 125 cm³/mol. The van der Waals surface area contributed by atoms with Gasteiger partial charge in [-0.3, -0.25) is 9.59 Å². The molecule has 0 atom stereocenters. The number of carbonyl (C=O) groups is 2. The van der Waals surface area contributed by atoms with Crippen LogP contribution >= 0.6 is 11.6 Å². The monoisotopic (exact) mass is 436 g/mol. The minimum Gasteiger partial charge on any atom is -0.318 e. The molecule has 0 radical (unpaired) electrons. The van der Waals surface area contributed by atoms with E-state index in [1.807, 2.05) is 60.9 Å². The third-order valence-corrected chi connectivity index (χ3v) is 5.29. The summed E-state index contributed by atoms with van der Waals surface area (Å²) in [6, 6.07) is 16.9. The largest absolute Gasteiger partial charge is 0.329 e. The van der Waals surface area contributed by atoms with Crippen molar-refractivity contribution >= 4 is 35.3 Å². The Morgan fingerprint density at radius 3 is 2.35 bits per heavy atom. The highest BCUT2D eigenvalue weighted by Crippen LogP contribution is 2.25. The number of rotatable bonds is 5. The Morgan fingerprint density at radius 2 is 1.71 bits per heavy atom. The van der Waals surface area contributed by atoms with E-state index in [2.05, 4.69) is 29.7 Å². The second-order valence-corrected chi connectivity index (χ2v) is 7.95. The van der Waals surface area contributed by atoms with E-state index in [0.29, 0.717) is 16.6 Å². The maximum Gasteiger partial charge on any atom is 0.329 e. The van der Waals surface area contributed by atoms with E-state index in [4.69, 9.17) is 11.6 Å². The van der Waals surface area contributed by atoms with Crippen molar-refractivity contribution in [3.05, 3.63) is 82.1 Å². The summed E-state index contributed by atoms with van der Waals surface area (Å²) in [5.74, 6) is -1.23. The van der Waals surface area contributed by atoms with E-state index in [1.165, 1.54) is 6.21 Å². The standard InChI is InChI=1S/C24H25ClN4O2/c1-15(2)18-9-11-20(12-10-18)27-23(30)24(31)28-26-14-19-13-16(3)29(17(19)4)22-8-6-5-7-21(22)25/h5-15H,1-4H3,(H,27,30)(H,28,31). The zero-order chi connectivity index (χ0) is 22.5. The lowest BCUT2D eigenvalue weighted by Crippen LogP contribution is -2.32. The molecule has 3 aromatic rings. The third kappa shape index (κ3) is 5.22. The van der Waals surface area contributed by atoms with Gasteiger partial charge < -0.3 is 9.88 Å². The molecule has 2 N–H and O–H groups in total. The lowest BCUT2D eigenvalue weighted by Gasteiger charge is -2.11. The summed E-state index contributed by atoms with van der Waals surface area (Å²) in [6.07, 6.45) is 1.51. The van der Waals surface area contributed by atoms with Gasteiger partial charge >= 0.3 is 11.8 Å². The van der Waals surface area contributed by atoms with Crippen LogP contribution in [0.15, 0.2) is 59.7 Å². The number of benzene rings is 2. The van der Waals surface area contributed by atoms with Crippen LogP contribution in [0.1, 0.15) is 42.3 Å². The van der Waals surface area contributed by atoms with E-state index >= 15 is 0 Å². The number of nitrogens with one attached hydrogen (secondary N) is 2. The van der Waals surface area contributed by atoms with Crippen LogP contribution in [0.4, 0.5) is 5.69 Å². The zero-order valence-electron chi connectivity index (χ0n) is 17.9. The number of hydrazone groups is 1. The minimum atomic E-state index is -0.843. The molecule has 160 valence electrons. The van der Waals surface area contributed by atoms with Crippen molar-refractivity contribution in [1.29, 1.82) is 0 Å². The quantitative estimate of drug-likeness (QED) is 0.337. The third-order valence-electron chi connectivity index (χ3n) is 4.97. The first kappa shape index (κ1) is 22.3. The summed E-state index contributed by atoms with van der Waals surface area (Å²) in [5, 5.41) is 7.14. The molecule has 0 saturated carbocycles. The molecule has 0 saturated heterocycles. The van der Waals surface area contributed by atoms with Crippen LogP contribution in [0.25, 0.3) is 5.69 Å². The number of amides is 2. The number of nitrogens with zero attached hydrogens (tertiary/aromatic N) is 2. The molecule has 6 nitrogen and oxygen atoms in total. The van der Waals surface area contributed by atoms with E-state index in [-0.39, 0.29) is 0 Å². The summed E-state index contributed by atoms with van der Waals surface area (Å²) in [4.78, 5) is 24.2. The summed E-state index contributed by atoms with van der Waals surface area (Å²) >= 11 is 6.33. The van der Waals surface area contributed by atoms with Gasteiger partial charge in [0, 0.05) is 22.6 Å². The summed E-state index contributed by atoms with van der Waals surface area (Å²) < 4.78 is 2.01. The molecule has 0 bridgehead atoms. The Labute approximate surface area is 186 Å². The van der Waals surface area contributed by atoms with Gasteiger partial charge in [0.15, 0.2) is 0 Å². The van der Waals surface area contributed by atoms with Crippen molar-refractivity contribution < 1.29 is 9.59 Å². The van der Waals surface area contributed by atoms with Crippen molar-refractivity contribution in [1.82, 2.24) is 9.99 Å². The van der Waals surface area contributed by atoms with E-state index in [0.717, 1.165) is 28.2 Å². The van der Waals surface area contributed by atoms with Gasteiger partial charge in [0.05, 0.1) is 16.9 Å². The van der Waals surface area contributed by atoms with Gasteiger partial charge in [0.25, 0.3) is 0 Å². The van der Waals surface area contributed by atoms with Gasteiger partial charge in [0.1, 0.15) is 0 Å². The molecule has 2 aromatic carbocycles. The zero-order valence-corrected chi connectivity index (χ0v) is 18.7.